The summed E-state index contributed by atoms with van der Waals surface area (Å²) in [6.07, 6.45) is 5.29. The van der Waals surface area contributed by atoms with Crippen molar-refractivity contribution in [3.63, 3.8) is 0 Å². The highest BCUT2D eigenvalue weighted by Crippen LogP contribution is 2.30. The van der Waals surface area contributed by atoms with Crippen LogP contribution in [0.4, 0.5) is 0 Å². The Morgan fingerprint density at radius 1 is 1.22 bits per heavy atom. The van der Waals surface area contributed by atoms with Gasteiger partial charge in [-0.2, -0.15) is 0 Å². The van der Waals surface area contributed by atoms with Gasteiger partial charge in [-0.25, -0.2) is 0 Å². The lowest BCUT2D eigenvalue weighted by atomic mass is 10.0. The van der Waals surface area contributed by atoms with Crippen molar-refractivity contribution < 1.29 is 0 Å². The molecule has 0 radical (unpaired) electrons. The predicted molar refractivity (Wildman–Crippen MR) is 75.6 cm³/mol. The lowest BCUT2D eigenvalue weighted by molar-refractivity contribution is 0.287. The molecule has 1 aromatic rings. The summed E-state index contributed by atoms with van der Waals surface area (Å²) in [6.45, 7) is 4.91. The zero-order chi connectivity index (χ0) is 12.4. The standard InChI is InChI=1S/C16H24N2/c1-2-14(13-7-4-3-5-8-13)17-15-10-12-18-11-6-9-16(15)18/h3-5,7-8,14-17H,2,6,9-12H2,1H3. The lowest BCUT2D eigenvalue weighted by Gasteiger charge is -2.27. The smallest absolute Gasteiger partial charge is 0.0320 e. The van der Waals surface area contributed by atoms with Gasteiger partial charge in [-0.3, -0.25) is 4.90 Å². The van der Waals surface area contributed by atoms with Gasteiger partial charge in [-0.1, -0.05) is 37.3 Å². The third-order valence-electron chi connectivity index (χ3n) is 4.63. The molecule has 0 spiro atoms. The quantitative estimate of drug-likeness (QED) is 0.876. The summed E-state index contributed by atoms with van der Waals surface area (Å²) in [5.41, 5.74) is 1.44. The van der Waals surface area contributed by atoms with Crippen molar-refractivity contribution in [1.82, 2.24) is 10.2 Å². The third-order valence-corrected chi connectivity index (χ3v) is 4.63. The highest BCUT2D eigenvalue weighted by atomic mass is 15.2. The van der Waals surface area contributed by atoms with Crippen molar-refractivity contribution in [2.24, 2.45) is 0 Å². The number of benzene rings is 1. The Labute approximate surface area is 110 Å². The lowest BCUT2D eigenvalue weighted by Crippen LogP contribution is -2.40. The van der Waals surface area contributed by atoms with E-state index in [-0.39, 0.29) is 0 Å². The van der Waals surface area contributed by atoms with Crippen molar-refractivity contribution in [3.05, 3.63) is 35.9 Å². The molecule has 18 heavy (non-hydrogen) atoms. The summed E-state index contributed by atoms with van der Waals surface area (Å²) >= 11 is 0. The Morgan fingerprint density at radius 2 is 2.06 bits per heavy atom. The fourth-order valence-electron chi connectivity index (χ4n) is 3.67. The van der Waals surface area contributed by atoms with Crippen LogP contribution in [0.15, 0.2) is 30.3 Å². The molecule has 2 aliphatic heterocycles. The van der Waals surface area contributed by atoms with Crippen LogP contribution in [-0.2, 0) is 0 Å². The molecular weight excluding hydrogens is 220 g/mol. The minimum atomic E-state index is 0.525. The van der Waals surface area contributed by atoms with E-state index in [0.29, 0.717) is 12.1 Å². The molecule has 0 saturated carbocycles. The molecule has 2 nitrogen and oxygen atoms in total. The van der Waals surface area contributed by atoms with Crippen molar-refractivity contribution in [1.29, 1.82) is 0 Å². The van der Waals surface area contributed by atoms with Gasteiger partial charge in [-0.05, 0) is 37.8 Å². The molecule has 1 N–H and O–H groups in total. The number of fused-ring (bicyclic) bond motifs is 1. The molecule has 2 fully saturated rings. The largest absolute Gasteiger partial charge is 0.306 e. The van der Waals surface area contributed by atoms with Gasteiger partial charge in [0.1, 0.15) is 0 Å². The highest BCUT2D eigenvalue weighted by molar-refractivity contribution is 5.19. The van der Waals surface area contributed by atoms with Crippen molar-refractivity contribution in [2.45, 2.75) is 50.7 Å². The summed E-state index contributed by atoms with van der Waals surface area (Å²) in [5, 5.41) is 3.91. The first-order valence-electron chi connectivity index (χ1n) is 7.43. The molecule has 2 aliphatic rings. The average molecular weight is 244 g/mol. The number of hydrogen-bond acceptors (Lipinski definition) is 2. The summed E-state index contributed by atoms with van der Waals surface area (Å²) in [5.74, 6) is 0. The van der Waals surface area contributed by atoms with E-state index in [1.54, 1.807) is 0 Å². The van der Waals surface area contributed by atoms with Gasteiger partial charge in [0.15, 0.2) is 0 Å². The monoisotopic (exact) mass is 244 g/mol. The van der Waals surface area contributed by atoms with Gasteiger partial charge in [0.25, 0.3) is 0 Å². The maximum absolute atomic E-state index is 3.91. The summed E-state index contributed by atoms with van der Waals surface area (Å²) < 4.78 is 0. The van der Waals surface area contributed by atoms with Gasteiger partial charge in [0.2, 0.25) is 0 Å². The topological polar surface area (TPSA) is 15.3 Å². The van der Waals surface area contributed by atoms with Crippen LogP contribution in [0.25, 0.3) is 0 Å². The van der Waals surface area contributed by atoms with Gasteiger partial charge >= 0.3 is 0 Å². The number of nitrogens with one attached hydrogen (secondary N) is 1. The first-order valence-corrected chi connectivity index (χ1v) is 7.43. The number of nitrogens with zero attached hydrogens (tertiary/aromatic N) is 1. The maximum Gasteiger partial charge on any atom is 0.0320 e. The van der Waals surface area contributed by atoms with Crippen LogP contribution in [0.2, 0.25) is 0 Å². The van der Waals surface area contributed by atoms with E-state index in [0.717, 1.165) is 6.04 Å². The van der Waals surface area contributed by atoms with E-state index >= 15 is 0 Å². The van der Waals surface area contributed by atoms with Gasteiger partial charge in [0.05, 0.1) is 0 Å². The maximum atomic E-state index is 3.91. The predicted octanol–water partition coefficient (Wildman–Crippen LogP) is 2.96. The summed E-state index contributed by atoms with van der Waals surface area (Å²) in [6, 6.07) is 12.9. The molecule has 0 amide bonds. The van der Waals surface area contributed by atoms with E-state index in [1.807, 2.05) is 0 Å². The minimum absolute atomic E-state index is 0.525. The number of rotatable bonds is 4. The van der Waals surface area contributed by atoms with Crippen LogP contribution in [-0.4, -0.2) is 30.1 Å². The molecule has 3 rings (SSSR count). The van der Waals surface area contributed by atoms with Crippen LogP contribution >= 0.6 is 0 Å². The van der Waals surface area contributed by atoms with Gasteiger partial charge < -0.3 is 5.32 Å². The van der Waals surface area contributed by atoms with E-state index in [9.17, 15) is 0 Å². The Morgan fingerprint density at radius 3 is 2.83 bits per heavy atom. The molecule has 0 aliphatic carbocycles. The van der Waals surface area contributed by atoms with E-state index in [4.69, 9.17) is 0 Å². The van der Waals surface area contributed by atoms with Gasteiger partial charge in [-0.15, -0.1) is 0 Å². The Kier molecular flexibility index (Phi) is 3.67. The molecule has 2 heterocycles. The van der Waals surface area contributed by atoms with E-state index in [2.05, 4.69) is 47.5 Å². The molecule has 2 heteroatoms. The average Bonchev–Trinajstić information content (AvgIpc) is 3.01. The van der Waals surface area contributed by atoms with Crippen LogP contribution in [0.1, 0.15) is 44.2 Å². The van der Waals surface area contributed by atoms with Crippen molar-refractivity contribution in [2.75, 3.05) is 13.1 Å². The van der Waals surface area contributed by atoms with Crippen molar-refractivity contribution >= 4 is 0 Å². The highest BCUT2D eigenvalue weighted by Gasteiger charge is 2.37. The second-order valence-corrected chi connectivity index (χ2v) is 5.68. The second kappa shape index (κ2) is 5.41. The molecule has 0 aromatic heterocycles. The fraction of sp³-hybridized carbons (Fsp3) is 0.625. The zero-order valence-corrected chi connectivity index (χ0v) is 11.3. The molecule has 2 saturated heterocycles. The molecule has 3 unspecified atom stereocenters. The van der Waals surface area contributed by atoms with E-state index in [1.165, 1.54) is 44.3 Å². The SMILES string of the molecule is CCC(NC1CCN2CCCC12)c1ccccc1. The molecule has 3 atom stereocenters. The minimum Gasteiger partial charge on any atom is -0.306 e. The van der Waals surface area contributed by atoms with Crippen LogP contribution in [0.3, 0.4) is 0 Å². The van der Waals surface area contributed by atoms with Gasteiger partial charge in [0, 0.05) is 24.7 Å². The summed E-state index contributed by atoms with van der Waals surface area (Å²) in [4.78, 5) is 2.68. The fourth-order valence-corrected chi connectivity index (χ4v) is 3.67. The second-order valence-electron chi connectivity index (χ2n) is 5.68. The van der Waals surface area contributed by atoms with Crippen LogP contribution in [0, 0.1) is 0 Å². The van der Waals surface area contributed by atoms with Crippen LogP contribution in [0.5, 0.6) is 0 Å². The molecule has 98 valence electrons. The zero-order valence-electron chi connectivity index (χ0n) is 11.3. The number of hydrogen-bond donors (Lipinski definition) is 1. The van der Waals surface area contributed by atoms with Crippen molar-refractivity contribution in [3.8, 4) is 0 Å². The molecular formula is C16H24N2. The Balaban J connectivity index is 1.67. The molecule has 0 bridgehead atoms. The first-order chi connectivity index (χ1) is 8.88. The van der Waals surface area contributed by atoms with Crippen LogP contribution < -0.4 is 5.32 Å². The van der Waals surface area contributed by atoms with E-state index < -0.39 is 0 Å². The normalized spacial score (nSPS) is 29.4. The molecule has 1 aromatic carbocycles. The Bertz CT molecular complexity index is 376. The summed E-state index contributed by atoms with van der Waals surface area (Å²) in [7, 11) is 0. The first kappa shape index (κ1) is 12.2. The third kappa shape index (κ3) is 2.32. The Hall–Kier alpha value is -0.860.